The van der Waals surface area contributed by atoms with Gasteiger partial charge in [-0.2, -0.15) is 12.7 Å². The highest BCUT2D eigenvalue weighted by atomic mass is 32.2. The molecule has 6 nitrogen and oxygen atoms in total. The Bertz CT molecular complexity index is 636. The standard InChI is InChI=1S/C12H19N3O3S/c1-9-4-7-15(8-9)19(17,18)13-11-10(2)5-6-14(3)12(11)16/h5-6,9,13H,4,7-8H2,1-3H3/t9-/m1/s1. The summed E-state index contributed by atoms with van der Waals surface area (Å²) in [4.78, 5) is 12.0. The fourth-order valence-electron chi connectivity index (χ4n) is 2.15. The molecule has 0 amide bonds. The topological polar surface area (TPSA) is 71.4 Å². The third-order valence-corrected chi connectivity index (χ3v) is 4.91. The molecule has 1 aromatic rings. The maximum absolute atomic E-state index is 12.2. The molecule has 1 N–H and O–H groups in total. The summed E-state index contributed by atoms with van der Waals surface area (Å²) in [6.07, 6.45) is 2.47. The van der Waals surface area contributed by atoms with Gasteiger partial charge in [0.05, 0.1) is 0 Å². The molecule has 0 bridgehead atoms. The van der Waals surface area contributed by atoms with Gasteiger partial charge in [0.2, 0.25) is 0 Å². The van der Waals surface area contributed by atoms with Crippen LogP contribution in [0.3, 0.4) is 0 Å². The smallest absolute Gasteiger partial charge is 0.301 e. The van der Waals surface area contributed by atoms with E-state index in [1.807, 2.05) is 6.92 Å². The van der Waals surface area contributed by atoms with E-state index < -0.39 is 10.2 Å². The monoisotopic (exact) mass is 285 g/mol. The van der Waals surface area contributed by atoms with Crippen molar-refractivity contribution in [3.05, 3.63) is 28.2 Å². The fraction of sp³-hybridized carbons (Fsp3) is 0.583. The maximum atomic E-state index is 12.2. The summed E-state index contributed by atoms with van der Waals surface area (Å²) >= 11 is 0. The van der Waals surface area contributed by atoms with Crippen molar-refractivity contribution in [1.82, 2.24) is 8.87 Å². The highest BCUT2D eigenvalue weighted by Crippen LogP contribution is 2.20. The lowest BCUT2D eigenvalue weighted by atomic mass is 10.2. The number of nitrogens with zero attached hydrogens (tertiary/aromatic N) is 2. The van der Waals surface area contributed by atoms with Crippen LogP contribution in [0.2, 0.25) is 0 Å². The van der Waals surface area contributed by atoms with Crippen LogP contribution in [0.4, 0.5) is 5.69 Å². The van der Waals surface area contributed by atoms with E-state index in [9.17, 15) is 13.2 Å². The summed E-state index contributed by atoms with van der Waals surface area (Å²) in [5.41, 5.74) is 0.416. The van der Waals surface area contributed by atoms with Crippen molar-refractivity contribution in [1.29, 1.82) is 0 Å². The molecule has 19 heavy (non-hydrogen) atoms. The molecule has 0 saturated carbocycles. The van der Waals surface area contributed by atoms with Gasteiger partial charge in [-0.3, -0.25) is 9.52 Å². The first kappa shape index (κ1) is 14.1. The number of hydrogen-bond donors (Lipinski definition) is 1. The summed E-state index contributed by atoms with van der Waals surface area (Å²) in [6.45, 7) is 4.73. The molecule has 1 aliphatic rings. The minimum Gasteiger partial charge on any atom is -0.317 e. The van der Waals surface area contributed by atoms with Crippen LogP contribution in [0.25, 0.3) is 0 Å². The Morgan fingerprint density at radius 3 is 2.68 bits per heavy atom. The zero-order valence-electron chi connectivity index (χ0n) is 11.4. The second-order valence-electron chi connectivity index (χ2n) is 5.15. The lowest BCUT2D eigenvalue weighted by molar-refractivity contribution is 0.469. The molecule has 1 saturated heterocycles. The van der Waals surface area contributed by atoms with Crippen LogP contribution in [0.5, 0.6) is 0 Å². The first-order valence-corrected chi connectivity index (χ1v) is 7.69. The van der Waals surface area contributed by atoms with E-state index in [1.54, 1.807) is 26.2 Å². The maximum Gasteiger partial charge on any atom is 0.301 e. The molecule has 2 heterocycles. The number of aromatic nitrogens is 1. The molecular formula is C12H19N3O3S. The van der Waals surface area contributed by atoms with Gasteiger partial charge in [0.15, 0.2) is 0 Å². The van der Waals surface area contributed by atoms with Gasteiger partial charge in [-0.25, -0.2) is 0 Å². The Kier molecular flexibility index (Phi) is 3.69. The SMILES string of the molecule is Cc1ccn(C)c(=O)c1NS(=O)(=O)N1CC[C@@H](C)C1. The average molecular weight is 285 g/mol. The number of pyridine rings is 1. The van der Waals surface area contributed by atoms with Crippen LogP contribution >= 0.6 is 0 Å². The Morgan fingerprint density at radius 1 is 1.42 bits per heavy atom. The summed E-state index contributed by atoms with van der Waals surface area (Å²) in [5.74, 6) is 0.358. The predicted octanol–water partition coefficient (Wildman–Crippen LogP) is 0.692. The quantitative estimate of drug-likeness (QED) is 0.888. The third kappa shape index (κ3) is 2.82. The van der Waals surface area contributed by atoms with Crippen LogP contribution in [0, 0.1) is 12.8 Å². The highest BCUT2D eigenvalue weighted by Gasteiger charge is 2.30. The molecule has 7 heteroatoms. The van der Waals surface area contributed by atoms with Crippen LogP contribution in [-0.2, 0) is 17.3 Å². The van der Waals surface area contributed by atoms with Crippen molar-refractivity contribution < 1.29 is 8.42 Å². The second-order valence-corrected chi connectivity index (χ2v) is 6.82. The number of hydrogen-bond acceptors (Lipinski definition) is 3. The molecule has 2 rings (SSSR count). The van der Waals surface area contributed by atoms with E-state index in [2.05, 4.69) is 4.72 Å². The summed E-state index contributed by atoms with van der Waals surface area (Å²) in [6, 6.07) is 1.71. The molecule has 1 fully saturated rings. The van der Waals surface area contributed by atoms with Crippen molar-refractivity contribution >= 4 is 15.9 Å². The van der Waals surface area contributed by atoms with Crippen LogP contribution in [0.1, 0.15) is 18.9 Å². The lowest BCUT2D eigenvalue weighted by Crippen LogP contribution is -2.36. The van der Waals surface area contributed by atoms with Crippen molar-refractivity contribution in [2.24, 2.45) is 13.0 Å². The molecule has 0 aromatic carbocycles. The molecule has 1 aromatic heterocycles. The zero-order valence-corrected chi connectivity index (χ0v) is 12.2. The normalized spacial score (nSPS) is 20.7. The van der Waals surface area contributed by atoms with E-state index >= 15 is 0 Å². The van der Waals surface area contributed by atoms with Crippen molar-refractivity contribution in [2.45, 2.75) is 20.3 Å². The first-order valence-electron chi connectivity index (χ1n) is 6.25. The molecule has 106 valence electrons. The Hall–Kier alpha value is -1.34. The van der Waals surface area contributed by atoms with E-state index in [-0.39, 0.29) is 11.2 Å². The predicted molar refractivity (Wildman–Crippen MR) is 74.3 cm³/mol. The molecule has 1 atom stereocenters. The van der Waals surface area contributed by atoms with E-state index in [0.717, 1.165) is 6.42 Å². The Morgan fingerprint density at radius 2 is 2.11 bits per heavy atom. The number of rotatable bonds is 3. The molecule has 0 unspecified atom stereocenters. The van der Waals surface area contributed by atoms with Crippen LogP contribution < -0.4 is 10.3 Å². The van der Waals surface area contributed by atoms with Gasteiger partial charge in [-0.05, 0) is 30.9 Å². The minimum absolute atomic E-state index is 0.129. The van der Waals surface area contributed by atoms with Gasteiger partial charge in [0, 0.05) is 26.3 Å². The van der Waals surface area contributed by atoms with Gasteiger partial charge in [-0.1, -0.05) is 6.92 Å². The van der Waals surface area contributed by atoms with Gasteiger partial charge in [0.1, 0.15) is 5.69 Å². The van der Waals surface area contributed by atoms with Gasteiger partial charge < -0.3 is 4.57 Å². The third-order valence-electron chi connectivity index (χ3n) is 3.43. The van der Waals surface area contributed by atoms with Crippen molar-refractivity contribution in [2.75, 3.05) is 17.8 Å². The van der Waals surface area contributed by atoms with Gasteiger partial charge in [0.25, 0.3) is 5.56 Å². The number of anilines is 1. The van der Waals surface area contributed by atoms with E-state index in [0.29, 0.717) is 24.6 Å². The Labute approximate surface area is 113 Å². The molecular weight excluding hydrogens is 266 g/mol. The van der Waals surface area contributed by atoms with Crippen LogP contribution in [-0.4, -0.2) is 30.4 Å². The minimum atomic E-state index is -3.64. The number of nitrogens with one attached hydrogen (secondary N) is 1. The first-order chi connectivity index (χ1) is 8.81. The van der Waals surface area contributed by atoms with Crippen LogP contribution in [0.15, 0.2) is 17.1 Å². The largest absolute Gasteiger partial charge is 0.317 e. The average Bonchev–Trinajstić information content (AvgIpc) is 2.77. The number of aryl methyl sites for hydroxylation is 2. The van der Waals surface area contributed by atoms with Gasteiger partial charge in [-0.15, -0.1) is 0 Å². The fourth-order valence-corrected chi connectivity index (χ4v) is 3.58. The highest BCUT2D eigenvalue weighted by molar-refractivity contribution is 7.90. The van der Waals surface area contributed by atoms with Crippen molar-refractivity contribution in [3.63, 3.8) is 0 Å². The molecule has 0 spiro atoms. The summed E-state index contributed by atoms with van der Waals surface area (Å²) in [5, 5.41) is 0. The summed E-state index contributed by atoms with van der Waals surface area (Å²) in [7, 11) is -2.04. The molecule has 1 aliphatic heterocycles. The summed E-state index contributed by atoms with van der Waals surface area (Å²) < 4.78 is 29.6. The van der Waals surface area contributed by atoms with E-state index in [4.69, 9.17) is 0 Å². The lowest BCUT2D eigenvalue weighted by Gasteiger charge is -2.18. The zero-order chi connectivity index (χ0) is 14.2. The molecule has 0 radical (unpaired) electrons. The molecule has 0 aliphatic carbocycles. The second kappa shape index (κ2) is 4.97. The Balaban J connectivity index is 2.31. The van der Waals surface area contributed by atoms with E-state index in [1.165, 1.54) is 8.87 Å². The van der Waals surface area contributed by atoms with Gasteiger partial charge >= 0.3 is 10.2 Å². The van der Waals surface area contributed by atoms with Crippen molar-refractivity contribution in [3.8, 4) is 0 Å².